The molecule has 2 aliphatic rings. The van der Waals surface area contributed by atoms with Crippen LogP contribution in [-0.2, 0) is 9.59 Å². The quantitative estimate of drug-likeness (QED) is 0.614. The van der Waals surface area contributed by atoms with E-state index >= 15 is 0 Å². The molecule has 0 aliphatic carbocycles. The van der Waals surface area contributed by atoms with Gasteiger partial charge in [0, 0.05) is 18.9 Å². The van der Waals surface area contributed by atoms with E-state index in [1.165, 1.54) is 38.1 Å². The first kappa shape index (κ1) is 22.8. The van der Waals surface area contributed by atoms with Gasteiger partial charge < -0.3 is 5.32 Å². The van der Waals surface area contributed by atoms with E-state index in [2.05, 4.69) is 5.32 Å². The predicted molar refractivity (Wildman–Crippen MR) is 117 cm³/mol. The van der Waals surface area contributed by atoms with E-state index in [1.54, 1.807) is 24.3 Å². The molecule has 10 nitrogen and oxygen atoms in total. The van der Waals surface area contributed by atoms with Crippen LogP contribution in [-0.4, -0.2) is 57.5 Å². The first-order chi connectivity index (χ1) is 16.1. The Kier molecular flexibility index (Phi) is 5.52. The lowest BCUT2D eigenvalue weighted by Crippen LogP contribution is -2.70. The summed E-state index contributed by atoms with van der Waals surface area (Å²) in [6.45, 7) is 2.72. The number of fused-ring (bicyclic) bond motifs is 2. The third-order valence-electron chi connectivity index (χ3n) is 6.10. The number of nitrogens with one attached hydrogen (secondary N) is 2. The van der Waals surface area contributed by atoms with Crippen molar-refractivity contribution in [2.45, 2.75) is 25.9 Å². The summed E-state index contributed by atoms with van der Waals surface area (Å²) in [6, 6.07) is 12.3. The summed E-state index contributed by atoms with van der Waals surface area (Å²) in [5, 5.41) is 2.40. The van der Waals surface area contributed by atoms with Gasteiger partial charge in [0.1, 0.15) is 0 Å². The van der Waals surface area contributed by atoms with Crippen LogP contribution in [0.15, 0.2) is 48.5 Å². The molecule has 1 atom stereocenters. The number of imide groups is 2. The zero-order valence-electron chi connectivity index (χ0n) is 18.5. The van der Waals surface area contributed by atoms with Crippen molar-refractivity contribution in [2.24, 2.45) is 5.92 Å². The molecule has 0 aromatic heterocycles. The van der Waals surface area contributed by atoms with Crippen LogP contribution < -0.4 is 11.1 Å². The van der Waals surface area contributed by atoms with Crippen LogP contribution in [0.4, 0.5) is 0 Å². The number of hydrogen-bond acceptors (Lipinski definition) is 6. The van der Waals surface area contributed by atoms with E-state index in [1.807, 2.05) is 0 Å². The van der Waals surface area contributed by atoms with Crippen LogP contribution in [0.25, 0.3) is 0 Å². The largest absolute Gasteiger partial charge is 0.325 e. The van der Waals surface area contributed by atoms with Crippen LogP contribution in [0.1, 0.15) is 61.7 Å². The zero-order chi connectivity index (χ0) is 24.8. The minimum atomic E-state index is -2.26. The van der Waals surface area contributed by atoms with E-state index in [0.717, 1.165) is 4.90 Å². The minimum Gasteiger partial charge on any atom is -0.325 e. The highest BCUT2D eigenvalue weighted by atomic mass is 16.2. The Morgan fingerprint density at radius 2 is 1.24 bits per heavy atom. The molecule has 0 spiro atoms. The smallest absolute Gasteiger partial charge is 0.285 e. The van der Waals surface area contributed by atoms with E-state index in [-0.39, 0.29) is 28.8 Å². The summed E-state index contributed by atoms with van der Waals surface area (Å²) in [4.78, 5) is 78.2. The third-order valence-corrected chi connectivity index (χ3v) is 6.10. The Balaban J connectivity index is 1.57. The van der Waals surface area contributed by atoms with Gasteiger partial charge in [-0.3, -0.25) is 39.4 Å². The molecule has 2 N–H and O–H groups in total. The van der Waals surface area contributed by atoms with Crippen LogP contribution in [0.2, 0.25) is 0 Å². The number of benzene rings is 2. The number of carbonyl (C=O) groups excluding carboxylic acids is 6. The molecule has 0 saturated carbocycles. The molecule has 0 saturated heterocycles. The van der Waals surface area contributed by atoms with Crippen LogP contribution in [0, 0.1) is 5.92 Å². The van der Waals surface area contributed by atoms with Crippen molar-refractivity contribution in [2.75, 3.05) is 6.54 Å². The SMILES string of the molecule is CC(C)C(NC(=O)CCN1C(=O)c2ccccc2C1=O)(C([NH])=O)N1C(=O)c2ccccc2C1=O. The molecule has 2 aliphatic heterocycles. The molecular formula is C24H21N4O6. The Bertz CT molecular complexity index is 1200. The predicted octanol–water partition coefficient (Wildman–Crippen LogP) is 1.25. The second kappa shape index (κ2) is 8.22. The normalized spacial score (nSPS) is 16.6. The summed E-state index contributed by atoms with van der Waals surface area (Å²) >= 11 is 0. The molecular weight excluding hydrogens is 440 g/mol. The molecule has 6 amide bonds. The Morgan fingerprint density at radius 1 is 0.824 bits per heavy atom. The Hall–Kier alpha value is -4.34. The van der Waals surface area contributed by atoms with Crippen molar-refractivity contribution in [3.63, 3.8) is 0 Å². The number of amides is 6. The van der Waals surface area contributed by atoms with Gasteiger partial charge in [-0.15, -0.1) is 0 Å². The average molecular weight is 461 g/mol. The van der Waals surface area contributed by atoms with Gasteiger partial charge in [-0.1, -0.05) is 38.1 Å². The summed E-state index contributed by atoms with van der Waals surface area (Å²) in [7, 11) is 0. The number of nitrogens with zero attached hydrogens (tertiary/aromatic N) is 2. The first-order valence-corrected chi connectivity index (χ1v) is 10.6. The molecule has 10 heteroatoms. The fraction of sp³-hybridized carbons (Fsp3) is 0.250. The lowest BCUT2D eigenvalue weighted by atomic mass is 9.92. The molecule has 1 radical (unpaired) electrons. The summed E-state index contributed by atoms with van der Waals surface area (Å²) in [5.74, 6) is -5.66. The summed E-state index contributed by atoms with van der Waals surface area (Å²) in [5.41, 5.74) is 6.24. The highest BCUT2D eigenvalue weighted by Crippen LogP contribution is 2.33. The van der Waals surface area contributed by atoms with Crippen LogP contribution in [0.5, 0.6) is 0 Å². The molecule has 0 fully saturated rings. The van der Waals surface area contributed by atoms with Crippen molar-refractivity contribution in [1.29, 1.82) is 0 Å². The van der Waals surface area contributed by atoms with Gasteiger partial charge in [0.2, 0.25) is 11.6 Å². The Labute approximate surface area is 194 Å². The van der Waals surface area contributed by atoms with E-state index < -0.39 is 53.4 Å². The molecule has 34 heavy (non-hydrogen) atoms. The monoisotopic (exact) mass is 461 g/mol. The number of carbonyl (C=O) groups is 6. The van der Waals surface area contributed by atoms with E-state index in [0.29, 0.717) is 4.90 Å². The highest BCUT2D eigenvalue weighted by molar-refractivity contribution is 6.24. The van der Waals surface area contributed by atoms with E-state index in [9.17, 15) is 28.8 Å². The van der Waals surface area contributed by atoms with Crippen molar-refractivity contribution in [3.8, 4) is 0 Å². The maximum Gasteiger partial charge on any atom is 0.285 e. The van der Waals surface area contributed by atoms with Gasteiger partial charge in [0.15, 0.2) is 0 Å². The van der Waals surface area contributed by atoms with Gasteiger partial charge in [-0.05, 0) is 24.3 Å². The summed E-state index contributed by atoms with van der Waals surface area (Å²) < 4.78 is 0. The molecule has 2 aromatic carbocycles. The third kappa shape index (κ3) is 3.26. The van der Waals surface area contributed by atoms with E-state index in [4.69, 9.17) is 5.73 Å². The van der Waals surface area contributed by atoms with Crippen LogP contribution >= 0.6 is 0 Å². The molecule has 2 heterocycles. The zero-order valence-corrected chi connectivity index (χ0v) is 18.5. The minimum absolute atomic E-state index is 0.0686. The second-order valence-corrected chi connectivity index (χ2v) is 8.35. The standard InChI is InChI=1S/C24H21N4O6/c1-13(2)24(23(25)34,28-21(32)16-9-5-6-10-17(16)22(28)33)26-18(29)11-12-27-19(30)14-7-3-4-8-15(14)20(27)31/h3-10,13,25H,11-12H2,1-2H3,(H,26,29). The van der Waals surface area contributed by atoms with Crippen molar-refractivity contribution in [3.05, 3.63) is 70.8 Å². The maximum atomic E-state index is 13.0. The van der Waals surface area contributed by atoms with Gasteiger partial charge in [-0.2, -0.15) is 0 Å². The second-order valence-electron chi connectivity index (χ2n) is 8.35. The average Bonchev–Trinajstić information content (AvgIpc) is 3.21. The molecule has 1 unspecified atom stereocenters. The molecule has 4 rings (SSSR count). The van der Waals surface area contributed by atoms with Gasteiger partial charge in [0.25, 0.3) is 29.5 Å². The first-order valence-electron chi connectivity index (χ1n) is 10.6. The highest BCUT2D eigenvalue weighted by Gasteiger charge is 2.56. The van der Waals surface area contributed by atoms with Crippen LogP contribution in [0.3, 0.4) is 0 Å². The fourth-order valence-corrected chi connectivity index (χ4v) is 4.32. The lowest BCUT2D eigenvalue weighted by molar-refractivity contribution is -0.140. The van der Waals surface area contributed by atoms with Gasteiger partial charge in [0.05, 0.1) is 22.3 Å². The van der Waals surface area contributed by atoms with Crippen molar-refractivity contribution < 1.29 is 28.8 Å². The lowest BCUT2D eigenvalue weighted by Gasteiger charge is -2.41. The molecule has 173 valence electrons. The molecule has 2 aromatic rings. The summed E-state index contributed by atoms with van der Waals surface area (Å²) in [6.07, 6.45) is -0.392. The Morgan fingerprint density at radius 3 is 1.62 bits per heavy atom. The fourth-order valence-electron chi connectivity index (χ4n) is 4.32. The van der Waals surface area contributed by atoms with Crippen molar-refractivity contribution >= 4 is 35.4 Å². The number of rotatable bonds is 7. The van der Waals surface area contributed by atoms with Gasteiger partial charge in [-0.25, -0.2) is 4.90 Å². The topological polar surface area (TPSA) is 145 Å². The maximum absolute atomic E-state index is 13.0. The van der Waals surface area contributed by atoms with Crippen molar-refractivity contribution in [1.82, 2.24) is 20.9 Å². The molecule has 0 bridgehead atoms. The van der Waals surface area contributed by atoms with Gasteiger partial charge >= 0.3 is 0 Å². The number of hydrogen-bond donors (Lipinski definition) is 1.